The number of ether oxygens (including phenoxy) is 1. The third-order valence-electron chi connectivity index (χ3n) is 3.95. The van der Waals surface area contributed by atoms with Crippen LogP contribution in [0.25, 0.3) is 0 Å². The molecule has 4 nitrogen and oxygen atoms in total. The third kappa shape index (κ3) is 3.96. The van der Waals surface area contributed by atoms with Crippen LogP contribution in [0.4, 0.5) is 5.69 Å². The Morgan fingerprint density at radius 2 is 1.70 bits per heavy atom. The highest BCUT2D eigenvalue weighted by molar-refractivity contribution is 6.30. The van der Waals surface area contributed by atoms with Gasteiger partial charge in [-0.2, -0.15) is 5.10 Å². The number of para-hydroxylation sites is 1. The van der Waals surface area contributed by atoms with Gasteiger partial charge in [0.05, 0.1) is 26.4 Å². The first-order valence-electron chi connectivity index (χ1n) is 7.69. The Balaban J connectivity index is 1.58. The zero-order valence-corrected chi connectivity index (χ0v) is 13.9. The average molecular weight is 330 g/mol. The first-order valence-corrected chi connectivity index (χ1v) is 8.06. The molecule has 120 valence electrons. The maximum Gasteiger partial charge on any atom is 0.127 e. The molecule has 2 aromatic rings. The molecule has 0 aliphatic carbocycles. The van der Waals surface area contributed by atoms with Gasteiger partial charge in [-0.3, -0.25) is 5.01 Å². The van der Waals surface area contributed by atoms with Gasteiger partial charge in [-0.1, -0.05) is 23.7 Å². The van der Waals surface area contributed by atoms with E-state index in [1.165, 1.54) is 5.69 Å². The summed E-state index contributed by atoms with van der Waals surface area (Å²) in [5.41, 5.74) is 2.21. The molecule has 0 unspecified atom stereocenters. The van der Waals surface area contributed by atoms with Crippen LogP contribution in [-0.2, 0) is 0 Å². The highest BCUT2D eigenvalue weighted by Gasteiger charge is 2.15. The highest BCUT2D eigenvalue weighted by atomic mass is 35.5. The summed E-state index contributed by atoms with van der Waals surface area (Å²) in [5, 5.41) is 7.45. The molecule has 0 amide bonds. The van der Waals surface area contributed by atoms with E-state index in [0.29, 0.717) is 0 Å². The maximum atomic E-state index is 5.94. The van der Waals surface area contributed by atoms with Crippen molar-refractivity contribution in [3.05, 3.63) is 59.1 Å². The largest absolute Gasteiger partial charge is 0.496 e. The second kappa shape index (κ2) is 7.38. The van der Waals surface area contributed by atoms with Crippen molar-refractivity contribution >= 4 is 23.5 Å². The molecule has 1 heterocycles. The molecule has 0 N–H and O–H groups in total. The number of hydrogen-bond donors (Lipinski definition) is 0. The molecule has 2 aromatic carbocycles. The van der Waals surface area contributed by atoms with Crippen molar-refractivity contribution in [2.45, 2.75) is 0 Å². The minimum atomic E-state index is 0.772. The Morgan fingerprint density at radius 3 is 2.39 bits per heavy atom. The van der Waals surface area contributed by atoms with Gasteiger partial charge in [0.15, 0.2) is 0 Å². The Morgan fingerprint density at radius 1 is 1.00 bits per heavy atom. The molecule has 23 heavy (non-hydrogen) atoms. The smallest absolute Gasteiger partial charge is 0.127 e. The first kappa shape index (κ1) is 15.7. The summed E-state index contributed by atoms with van der Waals surface area (Å²) in [4.78, 5) is 2.35. The van der Waals surface area contributed by atoms with E-state index >= 15 is 0 Å². The highest BCUT2D eigenvalue weighted by Crippen LogP contribution is 2.20. The molecule has 5 heteroatoms. The van der Waals surface area contributed by atoms with Crippen molar-refractivity contribution in [1.29, 1.82) is 0 Å². The number of rotatable bonds is 4. The van der Waals surface area contributed by atoms with E-state index in [-0.39, 0.29) is 0 Å². The molecular formula is C18H20ClN3O. The fourth-order valence-electron chi connectivity index (χ4n) is 2.64. The zero-order chi connectivity index (χ0) is 16.1. The zero-order valence-electron chi connectivity index (χ0n) is 13.2. The van der Waals surface area contributed by atoms with E-state index in [1.807, 2.05) is 42.6 Å². The normalized spacial score (nSPS) is 15.2. The Labute approximate surface area is 141 Å². The Hall–Kier alpha value is -2.20. The molecule has 1 fully saturated rings. The maximum absolute atomic E-state index is 5.94. The SMILES string of the molecule is COc1ccccc1C=NN1CCN(c2ccc(Cl)cc2)CC1. The number of halogens is 1. The van der Waals surface area contributed by atoms with Gasteiger partial charge in [0.25, 0.3) is 0 Å². The lowest BCUT2D eigenvalue weighted by Crippen LogP contribution is -2.44. The quantitative estimate of drug-likeness (QED) is 0.804. The van der Waals surface area contributed by atoms with Crippen molar-refractivity contribution < 1.29 is 4.74 Å². The van der Waals surface area contributed by atoms with Crippen molar-refractivity contribution in [1.82, 2.24) is 5.01 Å². The molecule has 0 radical (unpaired) electrons. The minimum absolute atomic E-state index is 0.772. The molecule has 0 atom stereocenters. The van der Waals surface area contributed by atoms with Crippen LogP contribution in [0.3, 0.4) is 0 Å². The van der Waals surface area contributed by atoms with E-state index in [0.717, 1.165) is 42.5 Å². The summed E-state index contributed by atoms with van der Waals surface area (Å²) in [5.74, 6) is 0.844. The van der Waals surface area contributed by atoms with Crippen LogP contribution < -0.4 is 9.64 Å². The van der Waals surface area contributed by atoms with Crippen molar-refractivity contribution in [3.8, 4) is 5.75 Å². The van der Waals surface area contributed by atoms with Crippen molar-refractivity contribution in [2.75, 3.05) is 38.2 Å². The lowest BCUT2D eigenvalue weighted by atomic mass is 10.2. The second-order valence-electron chi connectivity index (χ2n) is 5.40. The van der Waals surface area contributed by atoms with Gasteiger partial charge in [-0.15, -0.1) is 0 Å². The van der Waals surface area contributed by atoms with Crippen LogP contribution in [0.2, 0.25) is 5.02 Å². The predicted octanol–water partition coefficient (Wildman–Crippen LogP) is 3.50. The number of nitrogens with zero attached hydrogens (tertiary/aromatic N) is 3. The lowest BCUT2D eigenvalue weighted by Gasteiger charge is -2.34. The van der Waals surface area contributed by atoms with Crippen molar-refractivity contribution in [2.24, 2.45) is 5.10 Å². The molecule has 0 spiro atoms. The van der Waals surface area contributed by atoms with Gasteiger partial charge in [0.2, 0.25) is 0 Å². The monoisotopic (exact) mass is 329 g/mol. The van der Waals surface area contributed by atoms with Crippen molar-refractivity contribution in [3.63, 3.8) is 0 Å². The summed E-state index contributed by atoms with van der Waals surface area (Å²) in [6.45, 7) is 3.69. The molecule has 1 saturated heterocycles. The van der Waals surface area contributed by atoms with E-state index in [2.05, 4.69) is 27.1 Å². The summed E-state index contributed by atoms with van der Waals surface area (Å²) in [6, 6.07) is 15.9. The minimum Gasteiger partial charge on any atom is -0.496 e. The summed E-state index contributed by atoms with van der Waals surface area (Å²) >= 11 is 5.94. The number of benzene rings is 2. The molecule has 0 aromatic heterocycles. The van der Waals surface area contributed by atoms with Crippen LogP contribution >= 0.6 is 11.6 Å². The lowest BCUT2D eigenvalue weighted by molar-refractivity contribution is 0.272. The summed E-state index contributed by atoms with van der Waals surface area (Å²) in [7, 11) is 1.68. The average Bonchev–Trinajstić information content (AvgIpc) is 2.61. The van der Waals surface area contributed by atoms with Gasteiger partial charge >= 0.3 is 0 Å². The Kier molecular flexibility index (Phi) is 5.03. The van der Waals surface area contributed by atoms with Crippen LogP contribution in [0.15, 0.2) is 53.6 Å². The number of anilines is 1. The van der Waals surface area contributed by atoms with Gasteiger partial charge in [0.1, 0.15) is 5.75 Å². The fraction of sp³-hybridized carbons (Fsp3) is 0.278. The topological polar surface area (TPSA) is 28.1 Å². The van der Waals surface area contributed by atoms with Crippen LogP contribution in [0.5, 0.6) is 5.75 Å². The molecule has 0 saturated carbocycles. The van der Waals surface area contributed by atoms with Gasteiger partial charge in [-0.25, -0.2) is 0 Å². The third-order valence-corrected chi connectivity index (χ3v) is 4.20. The van der Waals surface area contributed by atoms with E-state index in [1.54, 1.807) is 7.11 Å². The molecule has 0 bridgehead atoms. The number of hydrogen-bond acceptors (Lipinski definition) is 4. The number of hydrazone groups is 1. The van der Waals surface area contributed by atoms with Gasteiger partial charge in [-0.05, 0) is 36.4 Å². The van der Waals surface area contributed by atoms with E-state index in [4.69, 9.17) is 16.3 Å². The summed E-state index contributed by atoms with van der Waals surface area (Å²) < 4.78 is 5.34. The van der Waals surface area contributed by atoms with Crippen LogP contribution in [-0.4, -0.2) is 44.5 Å². The number of methoxy groups -OCH3 is 1. The first-order chi connectivity index (χ1) is 11.3. The van der Waals surface area contributed by atoms with E-state index < -0.39 is 0 Å². The summed E-state index contributed by atoms with van der Waals surface area (Å²) in [6.07, 6.45) is 1.87. The standard InChI is InChI=1S/C18H20ClN3O/c1-23-18-5-3-2-4-15(18)14-20-22-12-10-21(11-13-22)17-8-6-16(19)7-9-17/h2-9,14H,10-13H2,1H3. The second-order valence-corrected chi connectivity index (χ2v) is 5.84. The van der Waals surface area contributed by atoms with E-state index in [9.17, 15) is 0 Å². The molecular weight excluding hydrogens is 310 g/mol. The van der Waals surface area contributed by atoms with Crippen LogP contribution in [0.1, 0.15) is 5.56 Å². The van der Waals surface area contributed by atoms with Gasteiger partial charge < -0.3 is 9.64 Å². The van der Waals surface area contributed by atoms with Crippen LogP contribution in [0, 0.1) is 0 Å². The Bertz CT molecular complexity index is 664. The predicted molar refractivity (Wildman–Crippen MR) is 95.8 cm³/mol. The van der Waals surface area contributed by atoms with Gasteiger partial charge in [0, 0.05) is 29.4 Å². The molecule has 1 aliphatic rings. The molecule has 3 rings (SSSR count). The number of piperazine rings is 1. The fourth-order valence-corrected chi connectivity index (χ4v) is 2.76. The molecule has 1 aliphatic heterocycles.